The molecule has 132 valence electrons. The van der Waals surface area contributed by atoms with E-state index in [2.05, 4.69) is 27.1 Å². The molecule has 6 heteroatoms. The summed E-state index contributed by atoms with van der Waals surface area (Å²) in [5.74, 6) is 0.251. The first-order valence-corrected chi connectivity index (χ1v) is 9.24. The molecular formula is C18H29N5O. The standard InChI is InChI=1S/C18H29N5O/c1-21-8-10-22(11-9-21)13-17(2-3-17)12-20-16(24)18(4-5-18)14-23-7-6-19-15-23/h6-7,15H,2-5,8-14H2,1H3,(H,20,24). The fourth-order valence-corrected chi connectivity index (χ4v) is 3.84. The number of imidazole rings is 1. The lowest BCUT2D eigenvalue weighted by Crippen LogP contribution is -2.48. The number of amides is 1. The van der Waals surface area contributed by atoms with Crippen LogP contribution in [-0.4, -0.2) is 71.6 Å². The van der Waals surface area contributed by atoms with Crippen LogP contribution >= 0.6 is 0 Å². The minimum atomic E-state index is -0.176. The Bertz CT molecular complexity index is 568. The number of hydrogen-bond donors (Lipinski definition) is 1. The Morgan fingerprint density at radius 3 is 2.46 bits per heavy atom. The van der Waals surface area contributed by atoms with E-state index in [0.29, 0.717) is 5.41 Å². The number of aromatic nitrogens is 2. The summed E-state index contributed by atoms with van der Waals surface area (Å²) < 4.78 is 2.03. The van der Waals surface area contributed by atoms with Gasteiger partial charge in [-0.15, -0.1) is 0 Å². The van der Waals surface area contributed by atoms with E-state index in [1.165, 1.54) is 12.8 Å². The molecule has 1 N–H and O–H groups in total. The molecule has 24 heavy (non-hydrogen) atoms. The van der Waals surface area contributed by atoms with Crippen LogP contribution < -0.4 is 5.32 Å². The quantitative estimate of drug-likeness (QED) is 0.803. The second-order valence-corrected chi connectivity index (χ2v) is 8.28. The predicted molar refractivity (Wildman–Crippen MR) is 92.5 cm³/mol. The summed E-state index contributed by atoms with van der Waals surface area (Å²) in [5.41, 5.74) is 0.168. The van der Waals surface area contributed by atoms with Gasteiger partial charge in [0.15, 0.2) is 0 Å². The summed E-state index contributed by atoms with van der Waals surface area (Å²) >= 11 is 0. The van der Waals surface area contributed by atoms with Gasteiger partial charge in [-0.2, -0.15) is 0 Å². The summed E-state index contributed by atoms with van der Waals surface area (Å²) in [6.07, 6.45) is 10.1. The zero-order valence-corrected chi connectivity index (χ0v) is 14.7. The van der Waals surface area contributed by atoms with E-state index >= 15 is 0 Å². The molecule has 4 rings (SSSR count). The molecule has 1 aromatic rings. The molecule has 2 aliphatic carbocycles. The summed E-state index contributed by atoms with van der Waals surface area (Å²) in [7, 11) is 2.19. The van der Waals surface area contributed by atoms with Crippen molar-refractivity contribution in [1.29, 1.82) is 0 Å². The van der Waals surface area contributed by atoms with Crippen molar-refractivity contribution < 1.29 is 4.79 Å². The fraction of sp³-hybridized carbons (Fsp3) is 0.778. The number of carbonyl (C=O) groups excluding carboxylic acids is 1. The normalized spacial score (nSPS) is 25.4. The van der Waals surface area contributed by atoms with E-state index in [9.17, 15) is 4.79 Å². The van der Waals surface area contributed by atoms with Gasteiger partial charge in [0.1, 0.15) is 0 Å². The topological polar surface area (TPSA) is 53.4 Å². The number of nitrogens with zero attached hydrogens (tertiary/aromatic N) is 4. The van der Waals surface area contributed by atoms with E-state index in [1.54, 1.807) is 6.20 Å². The fourth-order valence-electron chi connectivity index (χ4n) is 3.84. The third-order valence-corrected chi connectivity index (χ3v) is 6.12. The van der Waals surface area contributed by atoms with Crippen LogP contribution in [0, 0.1) is 10.8 Å². The Labute approximate surface area is 144 Å². The highest BCUT2D eigenvalue weighted by Gasteiger charge is 2.51. The summed E-state index contributed by atoms with van der Waals surface area (Å²) in [6.45, 7) is 7.42. The van der Waals surface area contributed by atoms with Crippen LogP contribution in [0.25, 0.3) is 0 Å². The van der Waals surface area contributed by atoms with Gasteiger partial charge in [0, 0.05) is 63.6 Å². The van der Waals surface area contributed by atoms with Gasteiger partial charge in [0.25, 0.3) is 0 Å². The van der Waals surface area contributed by atoms with Gasteiger partial charge in [0.05, 0.1) is 11.7 Å². The van der Waals surface area contributed by atoms with E-state index in [0.717, 1.165) is 58.7 Å². The minimum Gasteiger partial charge on any atom is -0.355 e. The number of nitrogens with one attached hydrogen (secondary N) is 1. The molecule has 3 aliphatic rings. The second kappa shape index (κ2) is 6.15. The van der Waals surface area contributed by atoms with Crippen molar-refractivity contribution in [2.24, 2.45) is 10.8 Å². The van der Waals surface area contributed by atoms with Gasteiger partial charge < -0.3 is 19.7 Å². The molecule has 6 nitrogen and oxygen atoms in total. The average molecular weight is 331 g/mol. The maximum Gasteiger partial charge on any atom is 0.228 e. The molecule has 0 radical (unpaired) electrons. The Hall–Kier alpha value is -1.40. The third-order valence-electron chi connectivity index (χ3n) is 6.12. The maximum atomic E-state index is 12.7. The van der Waals surface area contributed by atoms with Crippen molar-refractivity contribution in [3.8, 4) is 0 Å². The molecule has 2 saturated carbocycles. The zero-order chi connectivity index (χ0) is 16.6. The molecule has 0 unspecified atom stereocenters. The van der Waals surface area contributed by atoms with Crippen LogP contribution in [0.2, 0.25) is 0 Å². The number of hydrogen-bond acceptors (Lipinski definition) is 4. The van der Waals surface area contributed by atoms with Gasteiger partial charge in [-0.3, -0.25) is 4.79 Å². The van der Waals surface area contributed by atoms with E-state index < -0.39 is 0 Å². The van der Waals surface area contributed by atoms with Gasteiger partial charge in [-0.1, -0.05) is 0 Å². The largest absolute Gasteiger partial charge is 0.355 e. The first-order valence-electron chi connectivity index (χ1n) is 9.24. The minimum absolute atomic E-state index is 0.176. The van der Waals surface area contributed by atoms with Crippen molar-refractivity contribution in [3.63, 3.8) is 0 Å². The summed E-state index contributed by atoms with van der Waals surface area (Å²) in [5, 5.41) is 3.29. The summed E-state index contributed by atoms with van der Waals surface area (Å²) in [4.78, 5) is 21.8. The average Bonchev–Trinajstić information content (AvgIpc) is 3.47. The monoisotopic (exact) mass is 331 g/mol. The number of rotatable bonds is 7. The van der Waals surface area contributed by atoms with E-state index in [1.807, 2.05) is 17.1 Å². The Kier molecular flexibility index (Phi) is 4.12. The molecule has 0 atom stereocenters. The molecule has 2 heterocycles. The molecule has 1 aromatic heterocycles. The van der Waals surface area contributed by atoms with Crippen LogP contribution in [0.5, 0.6) is 0 Å². The lowest BCUT2D eigenvalue weighted by atomic mass is 10.0. The number of carbonyl (C=O) groups is 1. The van der Waals surface area contributed by atoms with Gasteiger partial charge in [-0.25, -0.2) is 4.98 Å². The number of likely N-dealkylation sites (N-methyl/N-ethyl adjacent to an activating group) is 1. The predicted octanol–water partition coefficient (Wildman–Crippen LogP) is 0.807. The van der Waals surface area contributed by atoms with Crippen molar-refractivity contribution in [2.45, 2.75) is 32.2 Å². The molecule has 1 aliphatic heterocycles. The Morgan fingerprint density at radius 2 is 1.88 bits per heavy atom. The van der Waals surface area contributed by atoms with Gasteiger partial charge in [-0.05, 0) is 32.7 Å². The molecule has 1 saturated heterocycles. The van der Waals surface area contributed by atoms with Crippen molar-refractivity contribution in [2.75, 3.05) is 46.3 Å². The molecule has 0 aromatic carbocycles. The lowest BCUT2D eigenvalue weighted by Gasteiger charge is -2.35. The highest BCUT2D eigenvalue weighted by molar-refractivity contribution is 5.85. The maximum absolute atomic E-state index is 12.7. The second-order valence-electron chi connectivity index (χ2n) is 8.28. The highest BCUT2D eigenvalue weighted by Crippen LogP contribution is 2.49. The van der Waals surface area contributed by atoms with Crippen LogP contribution in [0.15, 0.2) is 18.7 Å². The number of piperazine rings is 1. The zero-order valence-electron chi connectivity index (χ0n) is 14.7. The van der Waals surface area contributed by atoms with Crippen LogP contribution in [-0.2, 0) is 11.3 Å². The smallest absolute Gasteiger partial charge is 0.228 e. The van der Waals surface area contributed by atoms with Gasteiger partial charge >= 0.3 is 0 Å². The third kappa shape index (κ3) is 3.49. The molecule has 3 fully saturated rings. The SMILES string of the molecule is CN1CCN(CC2(CNC(=O)C3(Cn4ccnc4)CC3)CC2)CC1. The Morgan fingerprint density at radius 1 is 1.12 bits per heavy atom. The van der Waals surface area contributed by atoms with Crippen molar-refractivity contribution in [1.82, 2.24) is 24.7 Å². The van der Waals surface area contributed by atoms with E-state index in [-0.39, 0.29) is 11.3 Å². The molecule has 1 amide bonds. The molecular weight excluding hydrogens is 302 g/mol. The van der Waals surface area contributed by atoms with Crippen molar-refractivity contribution in [3.05, 3.63) is 18.7 Å². The van der Waals surface area contributed by atoms with Crippen molar-refractivity contribution >= 4 is 5.91 Å². The highest BCUT2D eigenvalue weighted by atomic mass is 16.2. The molecule has 0 spiro atoms. The molecule has 0 bridgehead atoms. The summed E-state index contributed by atoms with van der Waals surface area (Å²) in [6, 6.07) is 0. The van der Waals surface area contributed by atoms with Crippen LogP contribution in [0.3, 0.4) is 0 Å². The Balaban J connectivity index is 1.26. The first kappa shape index (κ1) is 16.1. The van der Waals surface area contributed by atoms with Crippen LogP contribution in [0.4, 0.5) is 0 Å². The van der Waals surface area contributed by atoms with E-state index in [4.69, 9.17) is 0 Å². The van der Waals surface area contributed by atoms with Gasteiger partial charge in [0.2, 0.25) is 5.91 Å². The van der Waals surface area contributed by atoms with Crippen LogP contribution in [0.1, 0.15) is 25.7 Å². The lowest BCUT2D eigenvalue weighted by molar-refractivity contribution is -0.127. The first-order chi connectivity index (χ1) is 11.6.